The highest BCUT2D eigenvalue weighted by atomic mass is 32.2. The van der Waals surface area contributed by atoms with Gasteiger partial charge in [-0.3, -0.25) is 9.69 Å². The Morgan fingerprint density at radius 1 is 1.10 bits per heavy atom. The number of piperazine rings is 1. The van der Waals surface area contributed by atoms with Crippen LogP contribution in [0.4, 0.5) is 18.9 Å². The van der Waals surface area contributed by atoms with Crippen molar-refractivity contribution >= 4 is 33.0 Å². The molecule has 7 nitrogen and oxygen atoms in total. The summed E-state index contributed by atoms with van der Waals surface area (Å²) in [5.41, 5.74) is 0.337. The number of carbonyl (C=O) groups excluding carboxylic acids is 1. The summed E-state index contributed by atoms with van der Waals surface area (Å²) >= 11 is 1.16. The molecular weight excluding hydrogens is 431 g/mol. The van der Waals surface area contributed by atoms with Gasteiger partial charge in [-0.15, -0.1) is 24.5 Å². The molecule has 1 aliphatic rings. The smallest absolute Gasteiger partial charge is 0.406 e. The summed E-state index contributed by atoms with van der Waals surface area (Å²) in [4.78, 5) is 14.0. The van der Waals surface area contributed by atoms with Gasteiger partial charge in [0.1, 0.15) is 9.96 Å². The Kier molecular flexibility index (Phi) is 6.46. The summed E-state index contributed by atoms with van der Waals surface area (Å²) in [6.45, 7) is 1.40. The number of ether oxygens (including phenoxy) is 1. The van der Waals surface area contributed by atoms with Gasteiger partial charge >= 0.3 is 6.36 Å². The number of sulfonamides is 1. The van der Waals surface area contributed by atoms with Crippen LogP contribution in [-0.4, -0.2) is 62.6 Å². The van der Waals surface area contributed by atoms with Crippen molar-refractivity contribution in [2.24, 2.45) is 0 Å². The van der Waals surface area contributed by atoms with Crippen molar-refractivity contribution < 1.29 is 31.1 Å². The summed E-state index contributed by atoms with van der Waals surface area (Å²) in [7, 11) is -3.50. The maximum atomic E-state index is 12.5. The van der Waals surface area contributed by atoms with Crippen LogP contribution in [0.15, 0.2) is 46.0 Å². The molecule has 3 rings (SSSR count). The zero-order valence-electron chi connectivity index (χ0n) is 15.1. The van der Waals surface area contributed by atoms with E-state index in [1.807, 2.05) is 4.90 Å². The summed E-state index contributed by atoms with van der Waals surface area (Å²) in [5, 5.41) is 4.30. The average Bonchev–Trinajstić information content (AvgIpc) is 3.18. The molecule has 0 radical (unpaired) electrons. The highest BCUT2D eigenvalue weighted by Gasteiger charge is 2.31. The van der Waals surface area contributed by atoms with Crippen LogP contribution in [0.25, 0.3) is 0 Å². The lowest BCUT2D eigenvalue weighted by atomic mass is 10.3. The van der Waals surface area contributed by atoms with Crippen molar-refractivity contribution in [3.63, 3.8) is 0 Å². The zero-order chi connectivity index (χ0) is 21.1. The minimum atomic E-state index is -4.77. The molecule has 2 aromatic rings. The van der Waals surface area contributed by atoms with Crippen molar-refractivity contribution in [2.45, 2.75) is 10.6 Å². The Morgan fingerprint density at radius 2 is 1.76 bits per heavy atom. The number of amides is 1. The van der Waals surface area contributed by atoms with Gasteiger partial charge in [0.15, 0.2) is 0 Å². The van der Waals surface area contributed by atoms with Crippen LogP contribution in [0.3, 0.4) is 0 Å². The highest BCUT2D eigenvalue weighted by molar-refractivity contribution is 7.91. The zero-order valence-corrected chi connectivity index (χ0v) is 16.7. The van der Waals surface area contributed by atoms with Crippen molar-refractivity contribution in [1.29, 1.82) is 0 Å². The molecule has 1 N–H and O–H groups in total. The lowest BCUT2D eigenvalue weighted by Crippen LogP contribution is -2.50. The monoisotopic (exact) mass is 449 g/mol. The third-order valence-corrected chi connectivity index (χ3v) is 7.43. The second-order valence-electron chi connectivity index (χ2n) is 6.23. The number of rotatable bonds is 6. The predicted molar refractivity (Wildman–Crippen MR) is 101 cm³/mol. The van der Waals surface area contributed by atoms with E-state index >= 15 is 0 Å². The van der Waals surface area contributed by atoms with E-state index in [2.05, 4.69) is 10.1 Å². The second-order valence-corrected chi connectivity index (χ2v) is 9.35. The molecule has 29 heavy (non-hydrogen) atoms. The molecule has 0 bridgehead atoms. The minimum Gasteiger partial charge on any atom is -0.406 e. The molecule has 1 fully saturated rings. The molecular formula is C17H18F3N3O4S2. The van der Waals surface area contributed by atoms with E-state index in [4.69, 9.17) is 0 Å². The van der Waals surface area contributed by atoms with Gasteiger partial charge in [-0.05, 0) is 35.7 Å². The largest absolute Gasteiger partial charge is 0.573 e. The number of benzene rings is 1. The van der Waals surface area contributed by atoms with Crippen LogP contribution < -0.4 is 10.1 Å². The highest BCUT2D eigenvalue weighted by Crippen LogP contribution is 2.24. The number of thiophene rings is 1. The van der Waals surface area contributed by atoms with Gasteiger partial charge in [-0.25, -0.2) is 8.42 Å². The molecule has 0 aliphatic carbocycles. The van der Waals surface area contributed by atoms with Gasteiger partial charge in [0.05, 0.1) is 6.54 Å². The number of halogens is 3. The van der Waals surface area contributed by atoms with Crippen molar-refractivity contribution in [1.82, 2.24) is 9.21 Å². The number of alkyl halides is 3. The fourth-order valence-electron chi connectivity index (χ4n) is 2.81. The number of hydrogen-bond donors (Lipinski definition) is 1. The maximum absolute atomic E-state index is 12.5. The number of anilines is 1. The molecule has 0 atom stereocenters. The second kappa shape index (κ2) is 8.69. The Morgan fingerprint density at radius 3 is 2.31 bits per heavy atom. The maximum Gasteiger partial charge on any atom is 0.573 e. The Bertz CT molecular complexity index is 924. The molecule has 0 unspecified atom stereocenters. The summed E-state index contributed by atoms with van der Waals surface area (Å²) in [6.07, 6.45) is -4.77. The molecule has 0 spiro atoms. The van der Waals surface area contributed by atoms with E-state index in [9.17, 15) is 26.4 Å². The number of nitrogens with zero attached hydrogens (tertiary/aromatic N) is 2. The van der Waals surface area contributed by atoms with Crippen LogP contribution >= 0.6 is 11.3 Å². The fourth-order valence-corrected chi connectivity index (χ4v) is 5.38. The van der Waals surface area contributed by atoms with E-state index in [1.54, 1.807) is 17.5 Å². The number of hydrogen-bond acceptors (Lipinski definition) is 6. The first-order chi connectivity index (χ1) is 13.6. The number of carbonyl (C=O) groups is 1. The first-order valence-corrected chi connectivity index (χ1v) is 10.9. The lowest BCUT2D eigenvalue weighted by Gasteiger charge is -2.33. The molecule has 12 heteroatoms. The molecule has 2 heterocycles. The van der Waals surface area contributed by atoms with Gasteiger partial charge in [0.25, 0.3) is 10.0 Å². The van der Waals surface area contributed by atoms with E-state index < -0.39 is 16.4 Å². The van der Waals surface area contributed by atoms with Gasteiger partial charge < -0.3 is 10.1 Å². The van der Waals surface area contributed by atoms with Crippen LogP contribution in [0, 0.1) is 0 Å². The SMILES string of the molecule is O=C(CN1CCN(S(=O)(=O)c2cccs2)CC1)Nc1ccc(OC(F)(F)F)cc1. The van der Waals surface area contributed by atoms with E-state index in [1.165, 1.54) is 16.4 Å². The van der Waals surface area contributed by atoms with E-state index in [0.717, 1.165) is 23.5 Å². The molecule has 1 aliphatic heterocycles. The molecule has 1 amide bonds. The van der Waals surface area contributed by atoms with Gasteiger partial charge in [-0.2, -0.15) is 4.31 Å². The van der Waals surface area contributed by atoms with Gasteiger partial charge in [-0.1, -0.05) is 6.07 Å². The van der Waals surface area contributed by atoms with Crippen molar-refractivity contribution in [3.05, 3.63) is 41.8 Å². The van der Waals surface area contributed by atoms with Gasteiger partial charge in [0, 0.05) is 31.9 Å². The van der Waals surface area contributed by atoms with Crippen LogP contribution in [0.2, 0.25) is 0 Å². The third kappa shape index (κ3) is 5.92. The summed E-state index contributed by atoms with van der Waals surface area (Å²) in [5.74, 6) is -0.720. The molecule has 1 saturated heterocycles. The lowest BCUT2D eigenvalue weighted by molar-refractivity contribution is -0.274. The molecule has 1 aromatic heterocycles. The van der Waals surface area contributed by atoms with Gasteiger partial charge in [0.2, 0.25) is 5.91 Å². The summed E-state index contributed by atoms with van der Waals surface area (Å²) < 4.78 is 66.9. The predicted octanol–water partition coefficient (Wildman–Crippen LogP) is 2.59. The summed E-state index contributed by atoms with van der Waals surface area (Å²) in [6, 6.07) is 8.08. The first-order valence-electron chi connectivity index (χ1n) is 8.55. The third-order valence-electron chi connectivity index (χ3n) is 4.16. The molecule has 1 aromatic carbocycles. The van der Waals surface area contributed by atoms with Crippen LogP contribution in [0.1, 0.15) is 0 Å². The minimum absolute atomic E-state index is 0.0493. The van der Waals surface area contributed by atoms with Crippen LogP contribution in [0.5, 0.6) is 5.75 Å². The molecule has 0 saturated carbocycles. The molecule has 158 valence electrons. The fraction of sp³-hybridized carbons (Fsp3) is 0.353. The Labute approximate surface area is 169 Å². The van der Waals surface area contributed by atoms with E-state index in [-0.39, 0.29) is 31.3 Å². The average molecular weight is 449 g/mol. The Hall–Kier alpha value is -2.15. The van der Waals surface area contributed by atoms with Crippen LogP contribution in [-0.2, 0) is 14.8 Å². The van der Waals surface area contributed by atoms with E-state index in [0.29, 0.717) is 23.0 Å². The first kappa shape index (κ1) is 21.6. The topological polar surface area (TPSA) is 79.0 Å². The van der Waals surface area contributed by atoms with Crippen molar-refractivity contribution in [2.75, 3.05) is 38.0 Å². The number of nitrogens with one attached hydrogen (secondary N) is 1. The standard InChI is InChI=1S/C17H18F3N3O4S2/c18-17(19,20)27-14-5-3-13(4-6-14)21-15(24)12-22-7-9-23(10-8-22)29(25,26)16-2-1-11-28-16/h1-6,11H,7-10,12H2,(H,21,24). The Balaban J connectivity index is 1.47. The quantitative estimate of drug-likeness (QED) is 0.734. The van der Waals surface area contributed by atoms with Crippen molar-refractivity contribution in [3.8, 4) is 5.75 Å². The normalized spacial score (nSPS) is 16.5.